The predicted octanol–water partition coefficient (Wildman–Crippen LogP) is 2.98. The molecule has 1 heterocycles. The van der Waals surface area contributed by atoms with Crippen molar-refractivity contribution < 1.29 is 4.39 Å². The molecule has 1 saturated carbocycles. The van der Waals surface area contributed by atoms with E-state index in [-0.39, 0.29) is 29.8 Å². The van der Waals surface area contributed by atoms with Gasteiger partial charge in [0, 0.05) is 31.2 Å². The molecule has 1 aromatic carbocycles. The van der Waals surface area contributed by atoms with Crippen molar-refractivity contribution in [2.75, 3.05) is 26.2 Å². The van der Waals surface area contributed by atoms with Crippen molar-refractivity contribution >= 4 is 29.9 Å². The summed E-state index contributed by atoms with van der Waals surface area (Å²) in [6, 6.07) is 7.68. The second-order valence-corrected chi connectivity index (χ2v) is 6.55. The van der Waals surface area contributed by atoms with Crippen LogP contribution in [-0.2, 0) is 6.54 Å². The summed E-state index contributed by atoms with van der Waals surface area (Å²) in [5, 5.41) is 6.67. The predicted molar refractivity (Wildman–Crippen MR) is 107 cm³/mol. The van der Waals surface area contributed by atoms with Crippen LogP contribution in [0.1, 0.15) is 31.7 Å². The van der Waals surface area contributed by atoms with Gasteiger partial charge in [0.2, 0.25) is 0 Å². The highest BCUT2D eigenvalue weighted by molar-refractivity contribution is 14.0. The van der Waals surface area contributed by atoms with Crippen molar-refractivity contribution in [1.29, 1.82) is 0 Å². The molecule has 3 rings (SSSR count). The average molecular weight is 446 g/mol. The summed E-state index contributed by atoms with van der Waals surface area (Å²) in [7, 11) is 0. The number of nitrogens with zero attached hydrogens (tertiary/aromatic N) is 2. The fourth-order valence-electron chi connectivity index (χ4n) is 3.17. The Balaban J connectivity index is 0.00000208. The molecule has 0 radical (unpaired) electrons. The van der Waals surface area contributed by atoms with Gasteiger partial charge in [-0.15, -0.1) is 24.0 Å². The molecule has 0 spiro atoms. The highest BCUT2D eigenvalue weighted by Crippen LogP contribution is 2.31. The summed E-state index contributed by atoms with van der Waals surface area (Å²) in [6.07, 6.45) is 4.02. The number of likely N-dealkylation sites (tertiary alicyclic amines) is 1. The van der Waals surface area contributed by atoms with E-state index in [0.717, 1.165) is 25.1 Å². The first-order valence-corrected chi connectivity index (χ1v) is 8.76. The van der Waals surface area contributed by atoms with Crippen LogP contribution >= 0.6 is 24.0 Å². The van der Waals surface area contributed by atoms with Gasteiger partial charge in [0.15, 0.2) is 5.96 Å². The lowest BCUT2D eigenvalue weighted by Crippen LogP contribution is -2.40. The fourth-order valence-corrected chi connectivity index (χ4v) is 3.17. The molecular weight excluding hydrogens is 418 g/mol. The Morgan fingerprint density at radius 1 is 1.25 bits per heavy atom. The zero-order valence-electron chi connectivity index (χ0n) is 14.3. The highest BCUT2D eigenvalue weighted by atomic mass is 127. The smallest absolute Gasteiger partial charge is 0.191 e. The van der Waals surface area contributed by atoms with Gasteiger partial charge in [0.1, 0.15) is 5.82 Å². The van der Waals surface area contributed by atoms with E-state index in [0.29, 0.717) is 18.0 Å². The molecule has 2 aliphatic rings. The van der Waals surface area contributed by atoms with Crippen LogP contribution in [0.2, 0.25) is 0 Å². The monoisotopic (exact) mass is 446 g/mol. The van der Waals surface area contributed by atoms with Gasteiger partial charge in [0.05, 0.1) is 6.54 Å². The van der Waals surface area contributed by atoms with Crippen molar-refractivity contribution in [3.05, 3.63) is 35.6 Å². The van der Waals surface area contributed by atoms with Crippen molar-refractivity contribution in [2.24, 2.45) is 10.9 Å². The Kier molecular flexibility index (Phi) is 7.74. The molecule has 134 valence electrons. The van der Waals surface area contributed by atoms with Gasteiger partial charge < -0.3 is 15.5 Å². The number of guanidine groups is 1. The quantitative estimate of drug-likeness (QED) is 0.401. The number of nitrogens with one attached hydrogen (secondary N) is 2. The molecule has 2 fully saturated rings. The van der Waals surface area contributed by atoms with Crippen LogP contribution in [0, 0.1) is 11.7 Å². The van der Waals surface area contributed by atoms with Gasteiger partial charge in [-0.2, -0.15) is 0 Å². The molecule has 1 aromatic rings. The molecule has 0 amide bonds. The van der Waals surface area contributed by atoms with E-state index in [1.165, 1.54) is 38.4 Å². The molecule has 4 nitrogen and oxygen atoms in total. The van der Waals surface area contributed by atoms with Gasteiger partial charge in [-0.05, 0) is 44.7 Å². The topological polar surface area (TPSA) is 39.7 Å². The third-order valence-corrected chi connectivity index (χ3v) is 4.65. The number of benzene rings is 1. The van der Waals surface area contributed by atoms with E-state index >= 15 is 0 Å². The molecule has 1 atom stereocenters. The molecule has 0 aromatic heterocycles. The molecule has 0 bridgehead atoms. The van der Waals surface area contributed by atoms with Crippen LogP contribution in [0.4, 0.5) is 4.39 Å². The largest absolute Gasteiger partial charge is 0.357 e. The normalized spacial score (nSPS) is 21.4. The third-order valence-electron chi connectivity index (χ3n) is 4.65. The van der Waals surface area contributed by atoms with Crippen molar-refractivity contribution in [2.45, 2.75) is 38.8 Å². The zero-order valence-corrected chi connectivity index (χ0v) is 16.6. The standard InChI is InChI=1S/C18H27FN4.HI/c1-2-20-18(22-12-15-5-3-4-6-17(15)19)21-11-14-9-10-23(13-14)16-7-8-16;/h3-6,14,16H,2,7-13H2,1H3,(H2,20,21,22);1H. The summed E-state index contributed by atoms with van der Waals surface area (Å²) in [6.45, 7) is 6.59. The molecule has 2 N–H and O–H groups in total. The molecule has 1 aliphatic heterocycles. The summed E-state index contributed by atoms with van der Waals surface area (Å²) < 4.78 is 13.7. The van der Waals surface area contributed by atoms with Gasteiger partial charge in [-0.1, -0.05) is 18.2 Å². The second-order valence-electron chi connectivity index (χ2n) is 6.55. The molecule has 6 heteroatoms. The second kappa shape index (κ2) is 9.56. The van der Waals surface area contributed by atoms with Crippen LogP contribution in [-0.4, -0.2) is 43.1 Å². The van der Waals surface area contributed by atoms with Crippen LogP contribution in [0.5, 0.6) is 0 Å². The lowest BCUT2D eigenvalue weighted by atomic mass is 10.1. The van der Waals surface area contributed by atoms with Crippen molar-refractivity contribution in [3.8, 4) is 0 Å². The summed E-state index contributed by atoms with van der Waals surface area (Å²) in [5.74, 6) is 1.27. The fraction of sp³-hybridized carbons (Fsp3) is 0.611. The minimum Gasteiger partial charge on any atom is -0.357 e. The van der Waals surface area contributed by atoms with E-state index < -0.39 is 0 Å². The SMILES string of the molecule is CCNC(=NCc1ccccc1F)NCC1CCN(C2CC2)C1.I. The third kappa shape index (κ3) is 5.58. The molecule has 1 aliphatic carbocycles. The number of hydrogen-bond acceptors (Lipinski definition) is 2. The molecule has 24 heavy (non-hydrogen) atoms. The molecule has 1 unspecified atom stereocenters. The van der Waals surface area contributed by atoms with Crippen LogP contribution in [0.3, 0.4) is 0 Å². The Morgan fingerprint density at radius 3 is 2.75 bits per heavy atom. The van der Waals surface area contributed by atoms with Gasteiger partial charge >= 0.3 is 0 Å². The van der Waals surface area contributed by atoms with Crippen molar-refractivity contribution in [1.82, 2.24) is 15.5 Å². The van der Waals surface area contributed by atoms with Gasteiger partial charge in [-0.25, -0.2) is 9.38 Å². The Bertz CT molecular complexity index is 548. The number of aliphatic imine (C=N–C) groups is 1. The average Bonchev–Trinajstić information content (AvgIpc) is 3.30. The van der Waals surface area contributed by atoms with Crippen LogP contribution < -0.4 is 10.6 Å². The van der Waals surface area contributed by atoms with Crippen molar-refractivity contribution in [3.63, 3.8) is 0 Å². The van der Waals surface area contributed by atoms with E-state index in [4.69, 9.17) is 0 Å². The van der Waals surface area contributed by atoms with E-state index in [9.17, 15) is 4.39 Å². The van der Waals surface area contributed by atoms with E-state index in [1.807, 2.05) is 13.0 Å². The van der Waals surface area contributed by atoms with Crippen LogP contribution in [0.15, 0.2) is 29.3 Å². The summed E-state index contributed by atoms with van der Waals surface area (Å²) in [4.78, 5) is 7.13. The maximum absolute atomic E-state index is 13.7. The maximum atomic E-state index is 13.7. The Labute approximate surface area is 161 Å². The molecular formula is C18H28FIN4. The molecule has 1 saturated heterocycles. The van der Waals surface area contributed by atoms with E-state index in [1.54, 1.807) is 12.1 Å². The lowest BCUT2D eigenvalue weighted by Gasteiger charge is -2.17. The zero-order chi connectivity index (χ0) is 16.1. The first-order chi connectivity index (χ1) is 11.3. The van der Waals surface area contributed by atoms with Gasteiger partial charge in [-0.3, -0.25) is 0 Å². The summed E-state index contributed by atoms with van der Waals surface area (Å²) in [5.41, 5.74) is 0.630. The van der Waals surface area contributed by atoms with E-state index in [2.05, 4.69) is 20.5 Å². The number of rotatable bonds is 6. The van der Waals surface area contributed by atoms with Crippen LogP contribution in [0.25, 0.3) is 0 Å². The Hall–Kier alpha value is -0.890. The maximum Gasteiger partial charge on any atom is 0.191 e. The highest BCUT2D eigenvalue weighted by Gasteiger charge is 2.34. The lowest BCUT2D eigenvalue weighted by molar-refractivity contribution is 0.314. The Morgan fingerprint density at radius 2 is 2.04 bits per heavy atom. The number of hydrogen-bond donors (Lipinski definition) is 2. The minimum absolute atomic E-state index is 0. The van der Waals surface area contributed by atoms with Gasteiger partial charge in [0.25, 0.3) is 0 Å². The first-order valence-electron chi connectivity index (χ1n) is 8.76. The number of halogens is 2. The summed E-state index contributed by atoms with van der Waals surface area (Å²) >= 11 is 0. The first kappa shape index (κ1) is 19.4. The minimum atomic E-state index is -0.192.